The first kappa shape index (κ1) is 13.3. The van der Waals surface area contributed by atoms with Gasteiger partial charge in [0.25, 0.3) is 0 Å². The SMILES string of the molecule is CC(=O)N1CCN(c2c(F)cc(C#N)cc2F)CC1. The molecule has 1 saturated heterocycles. The maximum atomic E-state index is 13.8. The van der Waals surface area contributed by atoms with Crippen molar-refractivity contribution in [3.63, 3.8) is 0 Å². The molecule has 4 nitrogen and oxygen atoms in total. The Balaban J connectivity index is 2.21. The molecule has 0 atom stereocenters. The van der Waals surface area contributed by atoms with E-state index >= 15 is 0 Å². The van der Waals surface area contributed by atoms with Gasteiger partial charge in [0.1, 0.15) is 5.69 Å². The van der Waals surface area contributed by atoms with Crippen LogP contribution < -0.4 is 4.90 Å². The van der Waals surface area contributed by atoms with Crippen LogP contribution in [0.5, 0.6) is 0 Å². The van der Waals surface area contributed by atoms with Crippen LogP contribution in [0.25, 0.3) is 0 Å². The first-order valence-corrected chi connectivity index (χ1v) is 5.92. The summed E-state index contributed by atoms with van der Waals surface area (Å²) in [6.07, 6.45) is 0. The van der Waals surface area contributed by atoms with Crippen molar-refractivity contribution in [1.29, 1.82) is 5.26 Å². The maximum Gasteiger partial charge on any atom is 0.219 e. The number of amides is 1. The molecular formula is C13H13F2N3O. The highest BCUT2D eigenvalue weighted by molar-refractivity contribution is 5.73. The summed E-state index contributed by atoms with van der Waals surface area (Å²) in [5.41, 5.74) is -0.164. The Morgan fingerprint density at radius 2 is 1.74 bits per heavy atom. The van der Waals surface area contributed by atoms with Crippen LogP contribution in [0.4, 0.5) is 14.5 Å². The molecule has 1 fully saturated rings. The van der Waals surface area contributed by atoms with Gasteiger partial charge in [-0.1, -0.05) is 0 Å². The van der Waals surface area contributed by atoms with E-state index in [1.54, 1.807) is 15.9 Å². The quantitative estimate of drug-likeness (QED) is 0.773. The molecule has 0 saturated carbocycles. The molecule has 19 heavy (non-hydrogen) atoms. The van der Waals surface area contributed by atoms with E-state index in [9.17, 15) is 13.6 Å². The van der Waals surface area contributed by atoms with Crippen LogP contribution in [0.3, 0.4) is 0 Å². The summed E-state index contributed by atoms with van der Waals surface area (Å²) in [5, 5.41) is 8.64. The van der Waals surface area contributed by atoms with E-state index in [1.807, 2.05) is 0 Å². The molecular weight excluding hydrogens is 252 g/mol. The van der Waals surface area contributed by atoms with Gasteiger partial charge in [0.15, 0.2) is 11.6 Å². The fourth-order valence-electron chi connectivity index (χ4n) is 2.18. The van der Waals surface area contributed by atoms with Gasteiger partial charge in [-0.25, -0.2) is 8.78 Å². The molecule has 0 spiro atoms. The first-order valence-electron chi connectivity index (χ1n) is 5.92. The average molecular weight is 265 g/mol. The Bertz CT molecular complexity index is 522. The van der Waals surface area contributed by atoms with Crippen LogP contribution in [0.2, 0.25) is 0 Å². The number of anilines is 1. The number of nitriles is 1. The molecule has 1 aliphatic heterocycles. The highest BCUT2D eigenvalue weighted by atomic mass is 19.1. The van der Waals surface area contributed by atoms with Gasteiger partial charge in [0.2, 0.25) is 5.91 Å². The number of nitrogens with zero attached hydrogens (tertiary/aromatic N) is 3. The van der Waals surface area contributed by atoms with Crippen molar-refractivity contribution in [3.05, 3.63) is 29.3 Å². The second kappa shape index (κ2) is 5.22. The van der Waals surface area contributed by atoms with Crippen molar-refractivity contribution in [2.45, 2.75) is 6.92 Å². The number of hydrogen-bond donors (Lipinski definition) is 0. The molecule has 0 N–H and O–H groups in total. The molecule has 1 aliphatic rings. The predicted octanol–water partition coefficient (Wildman–Crippen LogP) is 1.50. The molecule has 1 heterocycles. The fourth-order valence-corrected chi connectivity index (χ4v) is 2.18. The Labute approximate surface area is 109 Å². The fraction of sp³-hybridized carbons (Fsp3) is 0.385. The smallest absolute Gasteiger partial charge is 0.219 e. The molecule has 100 valence electrons. The number of carbonyl (C=O) groups excluding carboxylic acids is 1. The van der Waals surface area contributed by atoms with E-state index in [1.165, 1.54) is 6.92 Å². The number of halogens is 2. The predicted molar refractivity (Wildman–Crippen MR) is 65.5 cm³/mol. The largest absolute Gasteiger partial charge is 0.363 e. The van der Waals surface area contributed by atoms with Gasteiger partial charge in [-0.05, 0) is 12.1 Å². The summed E-state index contributed by atoms with van der Waals surface area (Å²) in [5.74, 6) is -1.53. The molecule has 6 heteroatoms. The summed E-state index contributed by atoms with van der Waals surface area (Å²) in [6, 6.07) is 3.76. The van der Waals surface area contributed by atoms with Crippen LogP contribution in [0.15, 0.2) is 12.1 Å². The zero-order valence-electron chi connectivity index (χ0n) is 10.5. The lowest BCUT2D eigenvalue weighted by Gasteiger charge is -2.35. The number of carbonyl (C=O) groups is 1. The third-order valence-corrected chi connectivity index (χ3v) is 3.19. The maximum absolute atomic E-state index is 13.8. The number of benzene rings is 1. The molecule has 1 aromatic carbocycles. The number of rotatable bonds is 1. The summed E-state index contributed by atoms with van der Waals surface area (Å²) < 4.78 is 27.6. The average Bonchev–Trinajstić information content (AvgIpc) is 2.38. The van der Waals surface area contributed by atoms with Crippen LogP contribution in [-0.2, 0) is 4.79 Å². The molecule has 0 aromatic heterocycles. The van der Waals surface area contributed by atoms with Crippen molar-refractivity contribution >= 4 is 11.6 Å². The topological polar surface area (TPSA) is 47.3 Å². The van der Waals surface area contributed by atoms with Crippen molar-refractivity contribution in [2.24, 2.45) is 0 Å². The second-order valence-electron chi connectivity index (χ2n) is 4.39. The molecule has 1 amide bonds. The number of piperazine rings is 1. The van der Waals surface area contributed by atoms with Crippen LogP contribution >= 0.6 is 0 Å². The van der Waals surface area contributed by atoms with E-state index in [-0.39, 0.29) is 17.2 Å². The van der Waals surface area contributed by atoms with Crippen molar-refractivity contribution < 1.29 is 13.6 Å². The summed E-state index contributed by atoms with van der Waals surface area (Å²) in [4.78, 5) is 14.4. The third-order valence-electron chi connectivity index (χ3n) is 3.19. The lowest BCUT2D eigenvalue weighted by atomic mass is 10.1. The monoisotopic (exact) mass is 265 g/mol. The molecule has 0 unspecified atom stereocenters. The molecule has 1 aromatic rings. The Morgan fingerprint density at radius 1 is 1.21 bits per heavy atom. The summed E-state index contributed by atoms with van der Waals surface area (Å²) in [7, 11) is 0. The van der Waals surface area contributed by atoms with Gasteiger partial charge in [-0.3, -0.25) is 4.79 Å². The van der Waals surface area contributed by atoms with Gasteiger partial charge in [-0.15, -0.1) is 0 Å². The van der Waals surface area contributed by atoms with E-state index in [4.69, 9.17) is 5.26 Å². The van der Waals surface area contributed by atoms with Gasteiger partial charge < -0.3 is 9.80 Å². The second-order valence-corrected chi connectivity index (χ2v) is 4.39. The molecule has 0 bridgehead atoms. The number of hydrogen-bond acceptors (Lipinski definition) is 3. The summed E-state index contributed by atoms with van der Waals surface area (Å²) >= 11 is 0. The Kier molecular flexibility index (Phi) is 3.65. The van der Waals surface area contributed by atoms with E-state index < -0.39 is 11.6 Å². The zero-order valence-corrected chi connectivity index (χ0v) is 10.5. The van der Waals surface area contributed by atoms with E-state index in [0.717, 1.165) is 12.1 Å². The first-order chi connectivity index (χ1) is 9.02. The van der Waals surface area contributed by atoms with Crippen LogP contribution in [0.1, 0.15) is 12.5 Å². The highest BCUT2D eigenvalue weighted by Gasteiger charge is 2.23. The minimum Gasteiger partial charge on any atom is -0.363 e. The summed E-state index contributed by atoms with van der Waals surface area (Å²) in [6.45, 7) is 3.10. The lowest BCUT2D eigenvalue weighted by Crippen LogP contribution is -2.48. The highest BCUT2D eigenvalue weighted by Crippen LogP contribution is 2.25. The van der Waals surface area contributed by atoms with Crippen LogP contribution in [-0.4, -0.2) is 37.0 Å². The van der Waals surface area contributed by atoms with Gasteiger partial charge in [0.05, 0.1) is 11.6 Å². The lowest BCUT2D eigenvalue weighted by molar-refractivity contribution is -0.129. The standard InChI is InChI=1S/C13H13F2N3O/c1-9(19)17-2-4-18(5-3-17)13-11(14)6-10(8-16)7-12(13)15/h6-7H,2-5H2,1H3. The minimum atomic E-state index is -0.743. The van der Waals surface area contributed by atoms with Crippen molar-refractivity contribution in [2.75, 3.05) is 31.1 Å². The molecule has 2 rings (SSSR count). The van der Waals surface area contributed by atoms with E-state index in [2.05, 4.69) is 0 Å². The minimum absolute atomic E-state index is 0.0406. The van der Waals surface area contributed by atoms with Crippen molar-refractivity contribution in [3.8, 4) is 6.07 Å². The molecule has 0 aliphatic carbocycles. The molecule has 0 radical (unpaired) electrons. The van der Waals surface area contributed by atoms with Crippen molar-refractivity contribution in [1.82, 2.24) is 4.90 Å². The Hall–Kier alpha value is -2.16. The normalized spacial score (nSPS) is 15.3. The third kappa shape index (κ3) is 2.65. The Morgan fingerprint density at radius 3 is 2.16 bits per heavy atom. The van der Waals surface area contributed by atoms with Gasteiger partial charge in [-0.2, -0.15) is 5.26 Å². The zero-order chi connectivity index (χ0) is 14.0. The van der Waals surface area contributed by atoms with E-state index in [0.29, 0.717) is 26.2 Å². The van der Waals surface area contributed by atoms with Gasteiger partial charge in [0, 0.05) is 33.1 Å². The van der Waals surface area contributed by atoms with Crippen LogP contribution in [0, 0.1) is 23.0 Å². The van der Waals surface area contributed by atoms with Gasteiger partial charge >= 0.3 is 0 Å².